The number of nitrogens with zero attached hydrogens (tertiary/aromatic N) is 1. The summed E-state index contributed by atoms with van der Waals surface area (Å²) < 4.78 is 5.89. The number of aromatic nitrogens is 1. The van der Waals surface area contributed by atoms with Crippen LogP contribution in [0.4, 0.5) is 5.69 Å². The molecule has 2 aromatic rings. The van der Waals surface area contributed by atoms with Crippen molar-refractivity contribution >= 4 is 40.7 Å². The van der Waals surface area contributed by atoms with Gasteiger partial charge in [-0.2, -0.15) is 0 Å². The highest BCUT2D eigenvalue weighted by Gasteiger charge is 2.28. The van der Waals surface area contributed by atoms with Crippen molar-refractivity contribution in [1.29, 1.82) is 0 Å². The number of anilines is 1. The zero-order valence-electron chi connectivity index (χ0n) is 17.1. The molecule has 6 nitrogen and oxygen atoms in total. The molecule has 2 aliphatic rings. The van der Waals surface area contributed by atoms with Gasteiger partial charge in [0.15, 0.2) is 0 Å². The molecule has 0 unspecified atom stereocenters. The molecule has 0 aliphatic heterocycles. The molecular weight excluding hydrogens is 437 g/mol. The van der Waals surface area contributed by atoms with Crippen LogP contribution in [0.15, 0.2) is 36.5 Å². The van der Waals surface area contributed by atoms with Crippen molar-refractivity contribution in [2.75, 3.05) is 5.32 Å². The predicted molar refractivity (Wildman–Crippen MR) is 121 cm³/mol. The van der Waals surface area contributed by atoms with E-state index in [1.165, 1.54) is 12.6 Å². The number of hydrogen-bond acceptors (Lipinski definition) is 4. The first kappa shape index (κ1) is 21.9. The van der Waals surface area contributed by atoms with Crippen molar-refractivity contribution in [3.05, 3.63) is 52.1 Å². The standard InChI is InChI=1S/C23H25Cl2N3O3/c24-16-12-20(25)23(26-13-16)31-19-10-6-15(7-11-19)22(30)28-18-8-4-14(5-9-18)21(29)27-17-2-1-3-17/h4-5,8-9,12-13,15,17,19H,1-3,6-7,10-11H2,(H,27,29)(H,28,30). The topological polar surface area (TPSA) is 80.3 Å². The van der Waals surface area contributed by atoms with E-state index in [9.17, 15) is 9.59 Å². The van der Waals surface area contributed by atoms with E-state index in [0.29, 0.717) is 33.2 Å². The summed E-state index contributed by atoms with van der Waals surface area (Å²) in [6, 6.07) is 8.95. The van der Waals surface area contributed by atoms with E-state index in [0.717, 1.165) is 38.5 Å². The fourth-order valence-corrected chi connectivity index (χ4v) is 4.28. The average Bonchev–Trinajstić information content (AvgIpc) is 2.73. The lowest BCUT2D eigenvalue weighted by atomic mass is 9.86. The van der Waals surface area contributed by atoms with Crippen LogP contribution in [0.25, 0.3) is 0 Å². The highest BCUT2D eigenvalue weighted by molar-refractivity contribution is 6.35. The minimum Gasteiger partial charge on any atom is -0.473 e. The van der Waals surface area contributed by atoms with Gasteiger partial charge in [-0.05, 0) is 75.3 Å². The summed E-state index contributed by atoms with van der Waals surface area (Å²) in [4.78, 5) is 29.0. The maximum atomic E-state index is 12.7. The number of benzene rings is 1. The van der Waals surface area contributed by atoms with Gasteiger partial charge < -0.3 is 15.4 Å². The molecule has 2 fully saturated rings. The van der Waals surface area contributed by atoms with Crippen molar-refractivity contribution in [3.63, 3.8) is 0 Å². The van der Waals surface area contributed by atoms with E-state index in [2.05, 4.69) is 15.6 Å². The maximum Gasteiger partial charge on any atom is 0.251 e. The summed E-state index contributed by atoms with van der Waals surface area (Å²) in [5.41, 5.74) is 1.30. The Labute approximate surface area is 191 Å². The van der Waals surface area contributed by atoms with Gasteiger partial charge in [0.2, 0.25) is 11.8 Å². The molecule has 2 N–H and O–H groups in total. The summed E-state index contributed by atoms with van der Waals surface area (Å²) in [5, 5.41) is 6.83. The first-order valence-electron chi connectivity index (χ1n) is 10.7. The van der Waals surface area contributed by atoms with E-state index >= 15 is 0 Å². The predicted octanol–water partition coefficient (Wildman–Crippen LogP) is 5.25. The Morgan fingerprint density at radius 3 is 2.32 bits per heavy atom. The maximum absolute atomic E-state index is 12.7. The quantitative estimate of drug-likeness (QED) is 0.615. The minimum atomic E-state index is -0.0740. The third-order valence-electron chi connectivity index (χ3n) is 5.95. The Morgan fingerprint density at radius 2 is 1.71 bits per heavy atom. The molecule has 31 heavy (non-hydrogen) atoms. The van der Waals surface area contributed by atoms with Crippen LogP contribution in [0, 0.1) is 5.92 Å². The smallest absolute Gasteiger partial charge is 0.251 e. The zero-order chi connectivity index (χ0) is 21.8. The number of rotatable bonds is 6. The minimum absolute atomic E-state index is 0.00669. The van der Waals surface area contributed by atoms with Crippen molar-refractivity contribution in [2.45, 2.75) is 57.1 Å². The van der Waals surface area contributed by atoms with Gasteiger partial charge in [0.25, 0.3) is 5.91 Å². The molecular formula is C23H25Cl2N3O3. The van der Waals surface area contributed by atoms with Crippen LogP contribution < -0.4 is 15.4 Å². The van der Waals surface area contributed by atoms with Crippen LogP contribution in [0.5, 0.6) is 5.88 Å². The second-order valence-corrected chi connectivity index (χ2v) is 9.04. The fraction of sp³-hybridized carbons (Fsp3) is 0.435. The lowest BCUT2D eigenvalue weighted by molar-refractivity contribution is -0.121. The van der Waals surface area contributed by atoms with Gasteiger partial charge in [-0.25, -0.2) is 4.98 Å². The van der Waals surface area contributed by atoms with Crippen molar-refractivity contribution in [1.82, 2.24) is 10.3 Å². The average molecular weight is 462 g/mol. The second kappa shape index (κ2) is 9.88. The number of nitrogens with one attached hydrogen (secondary N) is 2. The molecule has 1 heterocycles. The zero-order valence-corrected chi connectivity index (χ0v) is 18.6. The van der Waals surface area contributed by atoms with E-state index in [-0.39, 0.29) is 23.8 Å². The molecule has 0 atom stereocenters. The Morgan fingerprint density at radius 1 is 1.00 bits per heavy atom. The number of pyridine rings is 1. The molecule has 2 aliphatic carbocycles. The highest BCUT2D eigenvalue weighted by Crippen LogP contribution is 2.31. The van der Waals surface area contributed by atoms with E-state index in [4.69, 9.17) is 27.9 Å². The molecule has 4 rings (SSSR count). The van der Waals surface area contributed by atoms with Gasteiger partial charge in [-0.3, -0.25) is 9.59 Å². The fourth-order valence-electron chi connectivity index (χ4n) is 3.86. The van der Waals surface area contributed by atoms with Crippen LogP contribution in [0.1, 0.15) is 55.3 Å². The van der Waals surface area contributed by atoms with E-state index in [1.807, 2.05) is 0 Å². The number of carbonyl (C=O) groups excluding carboxylic acids is 2. The van der Waals surface area contributed by atoms with Crippen LogP contribution in [0.2, 0.25) is 10.0 Å². The lowest BCUT2D eigenvalue weighted by Gasteiger charge is -2.28. The number of halogens is 2. The molecule has 0 spiro atoms. The summed E-state index contributed by atoms with van der Waals surface area (Å²) in [7, 11) is 0. The molecule has 2 amide bonds. The Balaban J connectivity index is 1.24. The second-order valence-electron chi connectivity index (χ2n) is 8.20. The van der Waals surface area contributed by atoms with Gasteiger partial charge in [0, 0.05) is 29.4 Å². The Bertz CT molecular complexity index is 940. The third-order valence-corrected chi connectivity index (χ3v) is 6.43. The van der Waals surface area contributed by atoms with Gasteiger partial charge in [-0.15, -0.1) is 0 Å². The normalized spacial score (nSPS) is 21.1. The van der Waals surface area contributed by atoms with Gasteiger partial charge in [0.05, 0.1) is 5.02 Å². The van der Waals surface area contributed by atoms with Gasteiger partial charge >= 0.3 is 0 Å². The van der Waals surface area contributed by atoms with Crippen LogP contribution >= 0.6 is 23.2 Å². The molecule has 2 saturated carbocycles. The summed E-state index contributed by atoms with van der Waals surface area (Å²) in [5.74, 6) is 0.236. The van der Waals surface area contributed by atoms with Crippen molar-refractivity contribution in [2.24, 2.45) is 5.92 Å². The Hall–Kier alpha value is -2.31. The molecule has 0 radical (unpaired) electrons. The molecule has 0 bridgehead atoms. The third kappa shape index (κ3) is 5.69. The summed E-state index contributed by atoms with van der Waals surface area (Å²) >= 11 is 12.0. The van der Waals surface area contributed by atoms with Crippen molar-refractivity contribution < 1.29 is 14.3 Å². The first-order chi connectivity index (χ1) is 15.0. The number of ether oxygens (including phenoxy) is 1. The van der Waals surface area contributed by atoms with Crippen LogP contribution in [-0.4, -0.2) is 28.9 Å². The van der Waals surface area contributed by atoms with Crippen LogP contribution in [0.3, 0.4) is 0 Å². The summed E-state index contributed by atoms with van der Waals surface area (Å²) in [6.45, 7) is 0. The van der Waals surface area contributed by atoms with Crippen molar-refractivity contribution in [3.8, 4) is 5.88 Å². The lowest BCUT2D eigenvalue weighted by Crippen LogP contribution is -2.39. The van der Waals surface area contributed by atoms with Gasteiger partial charge in [0.1, 0.15) is 11.1 Å². The Kier molecular flexibility index (Phi) is 6.98. The molecule has 164 valence electrons. The number of hydrogen-bond donors (Lipinski definition) is 2. The number of amides is 2. The number of carbonyl (C=O) groups is 2. The molecule has 1 aromatic carbocycles. The van der Waals surface area contributed by atoms with Gasteiger partial charge in [-0.1, -0.05) is 23.2 Å². The summed E-state index contributed by atoms with van der Waals surface area (Å²) in [6.07, 6.45) is 7.71. The van der Waals surface area contributed by atoms with Crippen LogP contribution in [-0.2, 0) is 4.79 Å². The SMILES string of the molecule is O=C(NC1CCC1)c1ccc(NC(=O)C2CCC(Oc3ncc(Cl)cc3Cl)CC2)cc1. The largest absolute Gasteiger partial charge is 0.473 e. The molecule has 8 heteroatoms. The van der Waals surface area contributed by atoms with E-state index in [1.54, 1.807) is 30.3 Å². The molecule has 1 aromatic heterocycles. The highest BCUT2D eigenvalue weighted by atomic mass is 35.5. The van der Waals surface area contributed by atoms with E-state index < -0.39 is 0 Å². The molecule has 0 saturated heterocycles. The monoisotopic (exact) mass is 461 g/mol. The first-order valence-corrected chi connectivity index (χ1v) is 11.4.